The second-order valence-corrected chi connectivity index (χ2v) is 3.49. The number of amidine groups is 1. The fourth-order valence-corrected chi connectivity index (χ4v) is 1.55. The van der Waals surface area contributed by atoms with E-state index in [-0.39, 0.29) is 17.6 Å². The average molecular weight is 219 g/mol. The van der Waals surface area contributed by atoms with Gasteiger partial charge in [0.1, 0.15) is 5.84 Å². The van der Waals surface area contributed by atoms with Crippen LogP contribution in [0, 0.1) is 0 Å². The van der Waals surface area contributed by atoms with Gasteiger partial charge >= 0.3 is 0 Å². The third kappa shape index (κ3) is 1.90. The van der Waals surface area contributed by atoms with Gasteiger partial charge in [0.05, 0.1) is 0 Å². The zero-order valence-corrected chi connectivity index (χ0v) is 8.32. The van der Waals surface area contributed by atoms with Crippen LogP contribution < -0.4 is 11.1 Å². The molecule has 0 fully saturated rings. The summed E-state index contributed by atoms with van der Waals surface area (Å²) in [6.07, 6.45) is 3.39. The lowest BCUT2D eigenvalue weighted by Crippen LogP contribution is -2.22. The number of nitrogens with one attached hydrogen (secondary N) is 1. The Hall–Kier alpha value is -2.24. The predicted molar refractivity (Wildman–Crippen MR) is 55.2 cm³/mol. The molecule has 0 bridgehead atoms. The number of hydrogen-bond donors (Lipinski definition) is 2. The first-order valence-electron chi connectivity index (χ1n) is 4.71. The Morgan fingerprint density at radius 3 is 2.31 bits per heavy atom. The van der Waals surface area contributed by atoms with Gasteiger partial charge in [0.15, 0.2) is 0 Å². The van der Waals surface area contributed by atoms with Crippen molar-refractivity contribution in [3.63, 3.8) is 0 Å². The normalized spacial score (nSPS) is 19.5. The zero-order valence-electron chi connectivity index (χ0n) is 8.32. The quantitative estimate of drug-likeness (QED) is 0.605. The van der Waals surface area contributed by atoms with E-state index in [0.717, 1.165) is 0 Å². The van der Waals surface area contributed by atoms with Crippen LogP contribution in [0.2, 0.25) is 0 Å². The molecule has 3 N–H and O–H groups in total. The molecule has 2 aliphatic rings. The summed E-state index contributed by atoms with van der Waals surface area (Å²) >= 11 is 0. The summed E-state index contributed by atoms with van der Waals surface area (Å²) in [6.45, 7) is 0. The molecule has 2 aliphatic heterocycles. The highest BCUT2D eigenvalue weighted by molar-refractivity contribution is 6.17. The van der Waals surface area contributed by atoms with Gasteiger partial charge in [-0.1, -0.05) is 0 Å². The molecular weight excluding hydrogens is 210 g/mol. The van der Waals surface area contributed by atoms with Gasteiger partial charge in [-0.15, -0.1) is 0 Å². The SMILES string of the molecule is NC1=NC(=O)C=C1CCC1=CC(=O)NC1=O. The fourth-order valence-electron chi connectivity index (χ4n) is 1.55. The van der Waals surface area contributed by atoms with Crippen LogP contribution >= 0.6 is 0 Å². The highest BCUT2D eigenvalue weighted by Crippen LogP contribution is 2.17. The number of amides is 3. The summed E-state index contributed by atoms with van der Waals surface area (Å²) in [5.41, 5.74) is 6.50. The lowest BCUT2D eigenvalue weighted by molar-refractivity contribution is -0.124. The van der Waals surface area contributed by atoms with Gasteiger partial charge in [-0.25, -0.2) is 0 Å². The fraction of sp³-hybridized carbons (Fsp3) is 0.200. The van der Waals surface area contributed by atoms with E-state index in [4.69, 9.17) is 5.73 Å². The summed E-state index contributed by atoms with van der Waals surface area (Å²) in [5.74, 6) is -0.979. The molecule has 2 heterocycles. The highest BCUT2D eigenvalue weighted by Gasteiger charge is 2.22. The van der Waals surface area contributed by atoms with Crippen LogP contribution in [0.4, 0.5) is 0 Å². The van der Waals surface area contributed by atoms with Crippen LogP contribution in [0.5, 0.6) is 0 Å². The smallest absolute Gasteiger partial charge is 0.272 e. The van der Waals surface area contributed by atoms with Crippen molar-refractivity contribution in [2.75, 3.05) is 0 Å². The van der Waals surface area contributed by atoms with E-state index in [9.17, 15) is 14.4 Å². The molecule has 0 radical (unpaired) electrons. The maximum Gasteiger partial charge on any atom is 0.272 e. The maximum atomic E-state index is 11.2. The number of nitrogens with zero attached hydrogens (tertiary/aromatic N) is 1. The van der Waals surface area contributed by atoms with Crippen molar-refractivity contribution < 1.29 is 14.4 Å². The lowest BCUT2D eigenvalue weighted by Gasteiger charge is -2.01. The number of hydrogen-bond acceptors (Lipinski definition) is 4. The number of rotatable bonds is 3. The van der Waals surface area contributed by atoms with Gasteiger partial charge in [0.25, 0.3) is 17.7 Å². The van der Waals surface area contributed by atoms with Crippen molar-refractivity contribution in [3.05, 3.63) is 23.3 Å². The molecule has 6 nitrogen and oxygen atoms in total. The molecule has 3 amide bonds. The number of imide groups is 1. The third-order valence-corrected chi connectivity index (χ3v) is 2.35. The molecule has 0 spiro atoms. The maximum absolute atomic E-state index is 11.2. The Kier molecular flexibility index (Phi) is 2.40. The molecule has 0 unspecified atom stereocenters. The Labute approximate surface area is 90.9 Å². The molecule has 2 rings (SSSR count). The van der Waals surface area contributed by atoms with E-state index in [2.05, 4.69) is 10.3 Å². The molecule has 0 aliphatic carbocycles. The van der Waals surface area contributed by atoms with Crippen molar-refractivity contribution in [1.29, 1.82) is 0 Å². The average Bonchev–Trinajstić information content (AvgIpc) is 2.66. The van der Waals surface area contributed by atoms with Crippen molar-refractivity contribution >= 4 is 23.6 Å². The lowest BCUT2D eigenvalue weighted by atomic mass is 10.0. The molecule has 0 aromatic carbocycles. The molecule has 0 aromatic rings. The molecular formula is C10H9N3O3. The molecule has 82 valence electrons. The van der Waals surface area contributed by atoms with Gasteiger partial charge in [-0.2, -0.15) is 4.99 Å². The standard InChI is InChI=1S/C10H9N3O3/c11-9-5(3-7(14)12-9)1-2-6-4-8(15)13-10(6)16/h3-4H,1-2H2,(H2,11,12,14)(H,13,15,16). The molecule has 0 saturated carbocycles. The Morgan fingerprint density at radius 1 is 1.12 bits per heavy atom. The van der Waals surface area contributed by atoms with Gasteiger partial charge in [-0.05, 0) is 12.8 Å². The first-order valence-corrected chi connectivity index (χ1v) is 4.71. The van der Waals surface area contributed by atoms with E-state index in [1.807, 2.05) is 0 Å². The minimum Gasteiger partial charge on any atom is -0.383 e. The third-order valence-electron chi connectivity index (χ3n) is 2.35. The monoisotopic (exact) mass is 219 g/mol. The van der Waals surface area contributed by atoms with Crippen LogP contribution in [0.1, 0.15) is 12.8 Å². The minimum absolute atomic E-state index is 0.190. The minimum atomic E-state index is -0.405. The van der Waals surface area contributed by atoms with E-state index < -0.39 is 5.91 Å². The van der Waals surface area contributed by atoms with Gasteiger partial charge in [0.2, 0.25) is 0 Å². The van der Waals surface area contributed by atoms with Crippen molar-refractivity contribution in [1.82, 2.24) is 5.32 Å². The Balaban J connectivity index is 1.99. The van der Waals surface area contributed by atoms with E-state index in [0.29, 0.717) is 24.0 Å². The number of carbonyl (C=O) groups is 3. The van der Waals surface area contributed by atoms with Crippen LogP contribution in [0.3, 0.4) is 0 Å². The van der Waals surface area contributed by atoms with Crippen LogP contribution in [-0.2, 0) is 14.4 Å². The van der Waals surface area contributed by atoms with E-state index in [1.165, 1.54) is 12.2 Å². The van der Waals surface area contributed by atoms with Gasteiger partial charge in [-0.3, -0.25) is 19.7 Å². The number of aliphatic imine (C=N–C) groups is 1. The first-order chi connectivity index (χ1) is 7.56. The summed E-state index contributed by atoms with van der Waals surface area (Å²) in [7, 11) is 0. The number of nitrogens with two attached hydrogens (primary N) is 1. The van der Waals surface area contributed by atoms with Crippen LogP contribution in [0.25, 0.3) is 0 Å². The largest absolute Gasteiger partial charge is 0.383 e. The Bertz CT molecular complexity index is 484. The Morgan fingerprint density at radius 2 is 1.81 bits per heavy atom. The second-order valence-electron chi connectivity index (χ2n) is 3.49. The van der Waals surface area contributed by atoms with Gasteiger partial charge < -0.3 is 5.73 Å². The molecule has 0 saturated heterocycles. The predicted octanol–water partition coefficient (Wildman–Crippen LogP) is -0.827. The van der Waals surface area contributed by atoms with Crippen molar-refractivity contribution in [2.45, 2.75) is 12.8 Å². The summed E-state index contributed by atoms with van der Waals surface area (Å²) in [6, 6.07) is 0. The van der Waals surface area contributed by atoms with E-state index in [1.54, 1.807) is 0 Å². The second kappa shape index (κ2) is 3.73. The topological polar surface area (TPSA) is 102 Å². The highest BCUT2D eigenvalue weighted by atomic mass is 16.2. The summed E-state index contributed by atoms with van der Waals surface area (Å²) in [5, 5.41) is 2.14. The molecule has 16 heavy (non-hydrogen) atoms. The van der Waals surface area contributed by atoms with Gasteiger partial charge in [0, 0.05) is 23.3 Å². The zero-order chi connectivity index (χ0) is 11.7. The molecule has 0 atom stereocenters. The van der Waals surface area contributed by atoms with Crippen molar-refractivity contribution in [2.24, 2.45) is 10.7 Å². The number of carbonyl (C=O) groups excluding carboxylic acids is 3. The van der Waals surface area contributed by atoms with Crippen molar-refractivity contribution in [3.8, 4) is 0 Å². The molecule has 6 heteroatoms. The molecule has 0 aromatic heterocycles. The van der Waals surface area contributed by atoms with E-state index >= 15 is 0 Å². The van der Waals surface area contributed by atoms with Crippen LogP contribution in [-0.4, -0.2) is 23.6 Å². The summed E-state index contributed by atoms with van der Waals surface area (Å²) < 4.78 is 0. The van der Waals surface area contributed by atoms with Crippen LogP contribution in [0.15, 0.2) is 28.3 Å². The first kappa shape index (κ1) is 10.3. The summed E-state index contributed by atoms with van der Waals surface area (Å²) in [4.78, 5) is 36.4.